The average Bonchev–Trinajstić information content (AvgIpc) is 2.41. The predicted octanol–water partition coefficient (Wildman–Crippen LogP) is 3.35. The second kappa shape index (κ2) is 6.43. The fourth-order valence-electron chi connectivity index (χ4n) is 2.25. The zero-order valence-electron chi connectivity index (χ0n) is 11.5. The summed E-state index contributed by atoms with van der Waals surface area (Å²) in [5.41, 5.74) is 6.68. The van der Waals surface area contributed by atoms with Gasteiger partial charge in [0.1, 0.15) is 5.82 Å². The number of hydrazine groups is 1. The Kier molecular flexibility index (Phi) is 4.86. The van der Waals surface area contributed by atoms with Crippen molar-refractivity contribution in [2.24, 2.45) is 5.84 Å². The lowest BCUT2D eigenvalue weighted by Gasteiger charge is -2.18. The number of halogens is 2. The summed E-state index contributed by atoms with van der Waals surface area (Å²) in [5.74, 6) is 5.38. The van der Waals surface area contributed by atoms with Gasteiger partial charge in [0.25, 0.3) is 0 Å². The van der Waals surface area contributed by atoms with Crippen LogP contribution in [0.15, 0.2) is 34.9 Å². The summed E-state index contributed by atoms with van der Waals surface area (Å²) in [5, 5.41) is 0. The number of nitrogens with zero attached hydrogens (tertiary/aromatic N) is 1. The molecule has 1 aromatic heterocycles. The molecule has 0 bridgehead atoms. The van der Waals surface area contributed by atoms with Crippen LogP contribution in [0.1, 0.15) is 28.4 Å². The van der Waals surface area contributed by atoms with Gasteiger partial charge in [-0.3, -0.25) is 16.3 Å². The van der Waals surface area contributed by atoms with Crippen LogP contribution in [0.2, 0.25) is 0 Å². The Morgan fingerprint density at radius 3 is 2.80 bits per heavy atom. The molecule has 3 nitrogen and oxygen atoms in total. The summed E-state index contributed by atoms with van der Waals surface area (Å²) in [6.07, 6.45) is 2.37. The molecule has 1 unspecified atom stereocenters. The summed E-state index contributed by atoms with van der Waals surface area (Å²) >= 11 is 3.28. The Morgan fingerprint density at radius 1 is 1.40 bits per heavy atom. The SMILES string of the molecule is Cc1cnc(C(Cc2cccc(F)c2Br)NN)c(C)c1. The molecule has 0 aliphatic heterocycles. The van der Waals surface area contributed by atoms with Crippen molar-refractivity contribution >= 4 is 15.9 Å². The number of benzene rings is 1. The molecular weight excluding hydrogens is 321 g/mol. The van der Waals surface area contributed by atoms with E-state index in [4.69, 9.17) is 5.84 Å². The molecular formula is C15H17BrFN3. The molecule has 0 saturated heterocycles. The van der Waals surface area contributed by atoms with Crippen molar-refractivity contribution in [3.8, 4) is 0 Å². The highest BCUT2D eigenvalue weighted by molar-refractivity contribution is 9.10. The van der Waals surface area contributed by atoms with Gasteiger partial charge in [-0.15, -0.1) is 0 Å². The summed E-state index contributed by atoms with van der Waals surface area (Å²) in [6.45, 7) is 4.00. The van der Waals surface area contributed by atoms with E-state index in [1.165, 1.54) is 6.07 Å². The molecule has 106 valence electrons. The van der Waals surface area contributed by atoms with Crippen LogP contribution < -0.4 is 11.3 Å². The first-order chi connectivity index (χ1) is 9.52. The van der Waals surface area contributed by atoms with Gasteiger partial charge >= 0.3 is 0 Å². The smallest absolute Gasteiger partial charge is 0.137 e. The van der Waals surface area contributed by atoms with E-state index >= 15 is 0 Å². The number of hydrogen-bond donors (Lipinski definition) is 2. The van der Waals surface area contributed by atoms with Crippen LogP contribution in [0, 0.1) is 19.7 Å². The lowest BCUT2D eigenvalue weighted by atomic mass is 10.00. The minimum absolute atomic E-state index is 0.159. The summed E-state index contributed by atoms with van der Waals surface area (Å²) < 4.78 is 14.0. The highest BCUT2D eigenvalue weighted by atomic mass is 79.9. The third-order valence-corrected chi connectivity index (χ3v) is 4.13. The maximum Gasteiger partial charge on any atom is 0.137 e. The number of nitrogens with two attached hydrogens (primary N) is 1. The highest BCUT2D eigenvalue weighted by Gasteiger charge is 2.17. The minimum atomic E-state index is -0.271. The molecule has 0 saturated carbocycles. The third kappa shape index (κ3) is 3.23. The van der Waals surface area contributed by atoms with E-state index in [1.54, 1.807) is 6.07 Å². The van der Waals surface area contributed by atoms with Crippen LogP contribution in [0.3, 0.4) is 0 Å². The van der Waals surface area contributed by atoms with Crippen LogP contribution >= 0.6 is 15.9 Å². The lowest BCUT2D eigenvalue weighted by molar-refractivity contribution is 0.531. The standard InChI is InChI=1S/C15H17BrFN3/c1-9-6-10(2)15(19-8-9)13(20-18)7-11-4-3-5-12(17)14(11)16/h3-6,8,13,20H,7,18H2,1-2H3. The van der Waals surface area contributed by atoms with Crippen molar-refractivity contribution in [1.82, 2.24) is 10.4 Å². The topological polar surface area (TPSA) is 50.9 Å². The molecule has 0 fully saturated rings. The number of aryl methyl sites for hydroxylation is 2. The highest BCUT2D eigenvalue weighted by Crippen LogP contribution is 2.26. The molecule has 2 rings (SSSR count). The van der Waals surface area contributed by atoms with Crippen LogP contribution in [0.5, 0.6) is 0 Å². The van der Waals surface area contributed by atoms with Gasteiger partial charge in [0.2, 0.25) is 0 Å². The molecule has 1 heterocycles. The second-order valence-corrected chi connectivity index (χ2v) is 5.64. The molecule has 0 spiro atoms. The molecule has 0 aliphatic carbocycles. The molecule has 1 aromatic carbocycles. The molecule has 0 aliphatic rings. The van der Waals surface area contributed by atoms with Crippen molar-refractivity contribution in [3.05, 3.63) is 63.1 Å². The van der Waals surface area contributed by atoms with Gasteiger partial charge in [0.05, 0.1) is 16.2 Å². The second-order valence-electron chi connectivity index (χ2n) is 4.85. The van der Waals surface area contributed by atoms with Crippen molar-refractivity contribution < 1.29 is 4.39 Å². The van der Waals surface area contributed by atoms with E-state index < -0.39 is 0 Å². The Balaban J connectivity index is 2.31. The van der Waals surface area contributed by atoms with E-state index in [9.17, 15) is 4.39 Å². The number of nitrogens with one attached hydrogen (secondary N) is 1. The average molecular weight is 338 g/mol. The summed E-state index contributed by atoms with van der Waals surface area (Å²) in [7, 11) is 0. The normalized spacial score (nSPS) is 12.4. The van der Waals surface area contributed by atoms with Crippen LogP contribution in [0.25, 0.3) is 0 Å². The Hall–Kier alpha value is -1.30. The quantitative estimate of drug-likeness (QED) is 0.664. The van der Waals surface area contributed by atoms with Gasteiger partial charge in [0, 0.05) is 6.20 Å². The number of rotatable bonds is 4. The monoisotopic (exact) mass is 337 g/mol. The molecule has 20 heavy (non-hydrogen) atoms. The Bertz CT molecular complexity index is 616. The first kappa shape index (κ1) is 15.1. The molecule has 0 amide bonds. The maximum atomic E-state index is 13.6. The van der Waals surface area contributed by atoms with Gasteiger partial charge < -0.3 is 0 Å². The van der Waals surface area contributed by atoms with Crippen LogP contribution in [-0.4, -0.2) is 4.98 Å². The predicted molar refractivity (Wildman–Crippen MR) is 81.6 cm³/mol. The fraction of sp³-hybridized carbons (Fsp3) is 0.267. The van der Waals surface area contributed by atoms with Gasteiger partial charge in [-0.2, -0.15) is 0 Å². The van der Waals surface area contributed by atoms with Gasteiger partial charge in [-0.05, 0) is 59.0 Å². The number of aromatic nitrogens is 1. The van der Waals surface area contributed by atoms with Gasteiger partial charge in [-0.1, -0.05) is 18.2 Å². The zero-order valence-corrected chi connectivity index (χ0v) is 13.0. The first-order valence-electron chi connectivity index (χ1n) is 6.35. The van der Waals surface area contributed by atoms with Crippen molar-refractivity contribution in [1.29, 1.82) is 0 Å². The van der Waals surface area contributed by atoms with Crippen molar-refractivity contribution in [3.63, 3.8) is 0 Å². The summed E-state index contributed by atoms with van der Waals surface area (Å²) in [4.78, 5) is 4.45. The first-order valence-corrected chi connectivity index (χ1v) is 7.14. The molecule has 5 heteroatoms. The molecule has 1 atom stereocenters. The van der Waals surface area contributed by atoms with E-state index in [1.807, 2.05) is 26.1 Å². The van der Waals surface area contributed by atoms with E-state index in [0.29, 0.717) is 10.9 Å². The number of pyridine rings is 1. The number of hydrogen-bond acceptors (Lipinski definition) is 3. The lowest BCUT2D eigenvalue weighted by Crippen LogP contribution is -2.31. The molecule has 3 N–H and O–H groups in total. The van der Waals surface area contributed by atoms with Gasteiger partial charge in [0.15, 0.2) is 0 Å². The van der Waals surface area contributed by atoms with E-state index in [-0.39, 0.29) is 11.9 Å². The van der Waals surface area contributed by atoms with Gasteiger partial charge in [-0.25, -0.2) is 4.39 Å². The fourth-order valence-corrected chi connectivity index (χ4v) is 2.68. The largest absolute Gasteiger partial charge is 0.271 e. The van der Waals surface area contributed by atoms with Crippen molar-refractivity contribution in [2.75, 3.05) is 0 Å². The maximum absolute atomic E-state index is 13.6. The third-order valence-electron chi connectivity index (χ3n) is 3.24. The van der Waals surface area contributed by atoms with Crippen LogP contribution in [0.4, 0.5) is 4.39 Å². The molecule has 0 radical (unpaired) electrons. The summed E-state index contributed by atoms with van der Waals surface area (Å²) in [6, 6.07) is 6.90. The van der Waals surface area contributed by atoms with E-state index in [2.05, 4.69) is 32.4 Å². The molecule has 2 aromatic rings. The zero-order chi connectivity index (χ0) is 14.7. The Labute approximate surface area is 126 Å². The Morgan fingerprint density at radius 2 is 2.15 bits per heavy atom. The minimum Gasteiger partial charge on any atom is -0.271 e. The van der Waals surface area contributed by atoms with Crippen LogP contribution in [-0.2, 0) is 6.42 Å². The van der Waals surface area contributed by atoms with Crippen molar-refractivity contribution in [2.45, 2.75) is 26.3 Å². The van der Waals surface area contributed by atoms with E-state index in [0.717, 1.165) is 22.4 Å².